The molecule has 3 rings (SSSR count). The first-order valence-electron chi connectivity index (χ1n) is 6.29. The third-order valence-corrected chi connectivity index (χ3v) is 4.22. The third-order valence-electron chi connectivity index (χ3n) is 3.52. The molecule has 1 atom stereocenters. The molecular weight excluding hydrogens is 274 g/mol. The van der Waals surface area contributed by atoms with E-state index in [0.717, 1.165) is 11.1 Å². The number of carbonyl (C=O) groups excluding carboxylic acids is 1. The van der Waals surface area contributed by atoms with Gasteiger partial charge in [0, 0.05) is 12.1 Å². The zero-order valence-electron chi connectivity index (χ0n) is 10.7. The van der Waals surface area contributed by atoms with Crippen LogP contribution in [0.3, 0.4) is 0 Å². The molecule has 1 unspecified atom stereocenters. The van der Waals surface area contributed by atoms with Crippen molar-refractivity contribution in [1.82, 2.24) is 4.90 Å². The van der Waals surface area contributed by atoms with E-state index < -0.39 is 12.0 Å². The van der Waals surface area contributed by atoms with Crippen molar-refractivity contribution >= 4 is 23.2 Å². The number of carboxylic acids is 1. The molecule has 1 aromatic heterocycles. The van der Waals surface area contributed by atoms with Gasteiger partial charge in [-0.15, -0.1) is 0 Å². The van der Waals surface area contributed by atoms with Gasteiger partial charge in [-0.05, 0) is 34.0 Å². The molecule has 102 valence electrons. The van der Waals surface area contributed by atoms with Gasteiger partial charge in [-0.2, -0.15) is 11.3 Å². The molecular formula is C15H13NO3S. The van der Waals surface area contributed by atoms with E-state index >= 15 is 0 Å². The van der Waals surface area contributed by atoms with Crippen molar-refractivity contribution in [3.63, 3.8) is 0 Å². The van der Waals surface area contributed by atoms with Crippen molar-refractivity contribution in [1.29, 1.82) is 0 Å². The number of hydrogen-bond acceptors (Lipinski definition) is 3. The fourth-order valence-electron chi connectivity index (χ4n) is 2.57. The summed E-state index contributed by atoms with van der Waals surface area (Å²) >= 11 is 1.51. The number of amides is 1. The summed E-state index contributed by atoms with van der Waals surface area (Å²) in [6, 6.07) is 8.92. The Morgan fingerprint density at radius 3 is 2.80 bits per heavy atom. The number of thiophene rings is 1. The molecule has 2 aromatic rings. The number of benzene rings is 1. The molecule has 4 nitrogen and oxygen atoms in total. The minimum Gasteiger partial charge on any atom is -0.481 e. The van der Waals surface area contributed by atoms with Crippen molar-refractivity contribution in [2.24, 2.45) is 0 Å². The normalized spacial score (nSPS) is 15.2. The zero-order valence-corrected chi connectivity index (χ0v) is 11.5. The summed E-state index contributed by atoms with van der Waals surface area (Å²) in [5.74, 6) is -0.983. The van der Waals surface area contributed by atoms with Crippen LogP contribution < -0.4 is 0 Å². The van der Waals surface area contributed by atoms with Crippen LogP contribution in [0.15, 0.2) is 41.1 Å². The molecule has 0 radical (unpaired) electrons. The Kier molecular flexibility index (Phi) is 3.28. The quantitative estimate of drug-likeness (QED) is 0.940. The Hall–Kier alpha value is -2.14. The van der Waals surface area contributed by atoms with Crippen molar-refractivity contribution < 1.29 is 14.7 Å². The van der Waals surface area contributed by atoms with Gasteiger partial charge in [0.1, 0.15) is 0 Å². The average molecular weight is 287 g/mol. The molecule has 1 aromatic carbocycles. The number of fused-ring (bicyclic) bond motifs is 1. The highest BCUT2D eigenvalue weighted by atomic mass is 32.1. The highest BCUT2D eigenvalue weighted by Crippen LogP contribution is 2.34. The average Bonchev–Trinajstić information content (AvgIpc) is 3.05. The van der Waals surface area contributed by atoms with Crippen molar-refractivity contribution in [2.45, 2.75) is 19.0 Å². The van der Waals surface area contributed by atoms with E-state index in [4.69, 9.17) is 5.11 Å². The van der Waals surface area contributed by atoms with Gasteiger partial charge in [-0.25, -0.2) is 0 Å². The van der Waals surface area contributed by atoms with Crippen LogP contribution in [0.4, 0.5) is 0 Å². The SMILES string of the molecule is O=C(O)CC(c1ccsc1)N1Cc2ccccc2C1=O. The number of aliphatic carboxylic acids is 1. The maximum atomic E-state index is 12.5. The highest BCUT2D eigenvalue weighted by Gasteiger charge is 2.34. The van der Waals surface area contributed by atoms with Crippen molar-refractivity contribution in [2.75, 3.05) is 0 Å². The summed E-state index contributed by atoms with van der Waals surface area (Å²) < 4.78 is 0. The molecule has 1 aliphatic rings. The summed E-state index contributed by atoms with van der Waals surface area (Å²) in [5, 5.41) is 12.9. The number of rotatable bonds is 4. The van der Waals surface area contributed by atoms with E-state index in [2.05, 4.69) is 0 Å². The van der Waals surface area contributed by atoms with E-state index in [9.17, 15) is 9.59 Å². The summed E-state index contributed by atoms with van der Waals surface area (Å²) in [7, 11) is 0. The Bertz CT molecular complexity index is 651. The lowest BCUT2D eigenvalue weighted by molar-refractivity contribution is -0.138. The monoisotopic (exact) mass is 287 g/mol. The smallest absolute Gasteiger partial charge is 0.305 e. The van der Waals surface area contributed by atoms with Gasteiger partial charge >= 0.3 is 5.97 Å². The second kappa shape index (κ2) is 5.09. The molecule has 0 saturated heterocycles. The second-order valence-electron chi connectivity index (χ2n) is 4.76. The van der Waals surface area contributed by atoms with Crippen LogP contribution in [0.1, 0.15) is 33.9 Å². The molecule has 2 heterocycles. The molecule has 1 aliphatic heterocycles. The maximum absolute atomic E-state index is 12.5. The van der Waals surface area contributed by atoms with Gasteiger partial charge in [0.15, 0.2) is 0 Å². The number of nitrogens with zero attached hydrogens (tertiary/aromatic N) is 1. The fraction of sp³-hybridized carbons (Fsp3) is 0.200. The maximum Gasteiger partial charge on any atom is 0.305 e. The Morgan fingerprint density at radius 1 is 1.35 bits per heavy atom. The van der Waals surface area contributed by atoms with Gasteiger partial charge in [-0.1, -0.05) is 18.2 Å². The predicted molar refractivity (Wildman–Crippen MR) is 75.6 cm³/mol. The molecule has 5 heteroatoms. The van der Waals surface area contributed by atoms with Crippen molar-refractivity contribution in [3.05, 3.63) is 57.8 Å². The molecule has 1 amide bonds. The van der Waals surface area contributed by atoms with Crippen LogP contribution in [-0.2, 0) is 11.3 Å². The molecule has 1 N–H and O–H groups in total. The van der Waals surface area contributed by atoms with E-state index in [1.807, 2.05) is 35.0 Å². The molecule has 0 fully saturated rings. The Morgan fingerprint density at radius 2 is 2.15 bits per heavy atom. The Labute approximate surface area is 120 Å². The van der Waals surface area contributed by atoms with Crippen LogP contribution >= 0.6 is 11.3 Å². The standard InChI is InChI=1S/C15H13NO3S/c17-14(18)7-13(11-5-6-20-9-11)16-8-10-3-1-2-4-12(10)15(16)19/h1-6,9,13H,7-8H2,(H,17,18). The topological polar surface area (TPSA) is 57.6 Å². The minimum absolute atomic E-state index is 0.0730. The number of carboxylic acid groups (broad SMARTS) is 1. The summed E-state index contributed by atoms with van der Waals surface area (Å²) in [5.41, 5.74) is 2.53. The lowest BCUT2D eigenvalue weighted by Gasteiger charge is -2.26. The minimum atomic E-state index is -0.898. The van der Waals surface area contributed by atoms with E-state index in [1.165, 1.54) is 11.3 Å². The second-order valence-corrected chi connectivity index (χ2v) is 5.54. The van der Waals surface area contributed by atoms with Crippen molar-refractivity contribution in [3.8, 4) is 0 Å². The predicted octanol–water partition coefficient (Wildman–Crippen LogP) is 2.92. The van der Waals surface area contributed by atoms with Crippen LogP contribution in [0.2, 0.25) is 0 Å². The van der Waals surface area contributed by atoms with Crippen LogP contribution in [0.5, 0.6) is 0 Å². The first-order valence-corrected chi connectivity index (χ1v) is 7.24. The summed E-state index contributed by atoms with van der Waals surface area (Å²) in [4.78, 5) is 25.2. The highest BCUT2D eigenvalue weighted by molar-refractivity contribution is 7.08. The molecule has 0 aliphatic carbocycles. The van der Waals surface area contributed by atoms with Gasteiger partial charge in [0.05, 0.1) is 12.5 Å². The van der Waals surface area contributed by atoms with E-state index in [1.54, 1.807) is 11.0 Å². The first-order chi connectivity index (χ1) is 9.66. The van der Waals surface area contributed by atoms with Gasteiger partial charge in [0.2, 0.25) is 0 Å². The summed E-state index contributed by atoms with van der Waals surface area (Å²) in [6.45, 7) is 0.475. The lowest BCUT2D eigenvalue weighted by Crippen LogP contribution is -2.30. The Balaban J connectivity index is 1.94. The molecule has 0 spiro atoms. The van der Waals surface area contributed by atoms with Crippen LogP contribution in [-0.4, -0.2) is 21.9 Å². The van der Waals surface area contributed by atoms with E-state index in [-0.39, 0.29) is 12.3 Å². The van der Waals surface area contributed by atoms with Gasteiger partial charge in [0.25, 0.3) is 5.91 Å². The first kappa shape index (κ1) is 12.9. The summed E-state index contributed by atoms with van der Waals surface area (Å²) in [6.07, 6.45) is -0.0730. The molecule has 20 heavy (non-hydrogen) atoms. The largest absolute Gasteiger partial charge is 0.481 e. The number of hydrogen-bond donors (Lipinski definition) is 1. The third kappa shape index (κ3) is 2.20. The lowest BCUT2D eigenvalue weighted by atomic mass is 10.1. The van der Waals surface area contributed by atoms with Gasteiger partial charge in [-0.3, -0.25) is 9.59 Å². The van der Waals surface area contributed by atoms with Gasteiger partial charge < -0.3 is 10.0 Å². The van der Waals surface area contributed by atoms with Crippen LogP contribution in [0, 0.1) is 0 Å². The molecule has 0 bridgehead atoms. The van der Waals surface area contributed by atoms with E-state index in [0.29, 0.717) is 12.1 Å². The number of carbonyl (C=O) groups is 2. The fourth-order valence-corrected chi connectivity index (χ4v) is 3.27. The molecule has 0 saturated carbocycles. The zero-order chi connectivity index (χ0) is 14.1. The van der Waals surface area contributed by atoms with Crippen LogP contribution in [0.25, 0.3) is 0 Å².